The molecule has 0 saturated carbocycles. The van der Waals surface area contributed by atoms with Crippen LogP contribution in [0.5, 0.6) is 11.8 Å². The maximum absolute atomic E-state index is 5.37. The van der Waals surface area contributed by atoms with Crippen molar-refractivity contribution in [3.8, 4) is 11.8 Å². The van der Waals surface area contributed by atoms with Crippen molar-refractivity contribution < 1.29 is 9.47 Å². The van der Waals surface area contributed by atoms with E-state index in [1.807, 2.05) is 17.6 Å². The van der Waals surface area contributed by atoms with Gasteiger partial charge < -0.3 is 19.4 Å². The summed E-state index contributed by atoms with van der Waals surface area (Å²) in [6.07, 6.45) is 5.62. The van der Waals surface area contributed by atoms with E-state index in [-0.39, 0.29) is 0 Å². The zero-order valence-electron chi connectivity index (χ0n) is 14.7. The Bertz CT molecular complexity index is 831. The molecule has 0 radical (unpaired) electrons. The van der Waals surface area contributed by atoms with Crippen LogP contribution in [0.2, 0.25) is 0 Å². The van der Waals surface area contributed by atoms with Gasteiger partial charge in [0.2, 0.25) is 17.7 Å². The summed E-state index contributed by atoms with van der Waals surface area (Å²) < 4.78 is 12.7. The molecule has 0 aliphatic rings. The van der Waals surface area contributed by atoms with Crippen molar-refractivity contribution in [3.63, 3.8) is 0 Å². The molecule has 3 heterocycles. The van der Waals surface area contributed by atoms with Crippen LogP contribution in [-0.4, -0.2) is 38.2 Å². The van der Waals surface area contributed by atoms with Gasteiger partial charge in [0.15, 0.2) is 11.2 Å². The number of fused-ring (bicyclic) bond motifs is 1. The maximum atomic E-state index is 5.37. The molecule has 3 rings (SSSR count). The van der Waals surface area contributed by atoms with Crippen molar-refractivity contribution in [2.24, 2.45) is 0 Å². The first-order chi connectivity index (χ1) is 12.2. The number of aryl methyl sites for hydroxylation is 1. The summed E-state index contributed by atoms with van der Waals surface area (Å²) in [6.45, 7) is 5.52. The fraction of sp³-hybridized carbons (Fsp3) is 0.412. The predicted octanol–water partition coefficient (Wildman–Crippen LogP) is 3.17. The van der Waals surface area contributed by atoms with Gasteiger partial charge in [-0.15, -0.1) is 0 Å². The molecular weight excluding hydrogens is 320 g/mol. The van der Waals surface area contributed by atoms with Gasteiger partial charge in [-0.1, -0.05) is 13.3 Å². The zero-order chi connectivity index (χ0) is 17.6. The smallest absolute Gasteiger partial charge is 0.246 e. The maximum Gasteiger partial charge on any atom is 0.246 e. The van der Waals surface area contributed by atoms with E-state index in [1.165, 1.54) is 0 Å². The number of imidazole rings is 1. The van der Waals surface area contributed by atoms with E-state index in [0.717, 1.165) is 30.7 Å². The van der Waals surface area contributed by atoms with E-state index < -0.39 is 0 Å². The lowest BCUT2D eigenvalue weighted by molar-refractivity contribution is 0.327. The molecule has 0 aliphatic carbocycles. The van der Waals surface area contributed by atoms with Gasteiger partial charge in [-0.2, -0.15) is 9.97 Å². The second kappa shape index (κ2) is 7.78. The average molecular weight is 342 g/mol. The fourth-order valence-corrected chi connectivity index (χ4v) is 2.43. The molecule has 0 aromatic carbocycles. The van der Waals surface area contributed by atoms with Gasteiger partial charge in [-0.25, -0.2) is 9.97 Å². The number of pyridine rings is 1. The molecule has 3 aromatic rings. The summed E-state index contributed by atoms with van der Waals surface area (Å²) >= 11 is 0. The molecule has 0 saturated heterocycles. The molecule has 8 nitrogen and oxygen atoms in total. The normalized spacial score (nSPS) is 10.8. The van der Waals surface area contributed by atoms with Crippen LogP contribution in [0.1, 0.15) is 26.7 Å². The van der Waals surface area contributed by atoms with Crippen molar-refractivity contribution in [3.05, 3.63) is 24.7 Å². The van der Waals surface area contributed by atoms with Crippen molar-refractivity contribution in [1.29, 1.82) is 0 Å². The van der Waals surface area contributed by atoms with Gasteiger partial charge in [0.1, 0.15) is 0 Å². The Balaban J connectivity index is 1.89. The van der Waals surface area contributed by atoms with E-state index in [9.17, 15) is 0 Å². The molecular formula is C17H22N6O2. The molecule has 132 valence electrons. The third-order valence-electron chi connectivity index (χ3n) is 3.66. The third-order valence-corrected chi connectivity index (χ3v) is 3.66. The summed E-state index contributed by atoms with van der Waals surface area (Å²) in [7, 11) is 1.58. The minimum absolute atomic E-state index is 0.438. The molecule has 0 unspecified atom stereocenters. The van der Waals surface area contributed by atoms with E-state index in [0.29, 0.717) is 29.8 Å². The number of nitrogens with one attached hydrogen (secondary N) is 1. The minimum atomic E-state index is 0.438. The topological polar surface area (TPSA) is 87.0 Å². The van der Waals surface area contributed by atoms with Crippen molar-refractivity contribution in [2.45, 2.75) is 33.2 Å². The number of nitrogens with zero attached hydrogens (tertiary/aromatic N) is 5. The molecule has 0 amide bonds. The highest BCUT2D eigenvalue weighted by atomic mass is 16.5. The average Bonchev–Trinajstić information content (AvgIpc) is 3.04. The Labute approximate surface area is 146 Å². The highest BCUT2D eigenvalue weighted by molar-refractivity contribution is 5.78. The summed E-state index contributed by atoms with van der Waals surface area (Å²) in [5.74, 6) is 1.47. The SMILES string of the molecule is CCCCn1cnc2c(OC)nc(Nc3ccc(OCC)nc3)nc21. The van der Waals surface area contributed by atoms with E-state index in [2.05, 4.69) is 32.2 Å². The minimum Gasteiger partial charge on any atom is -0.479 e. The first-order valence-electron chi connectivity index (χ1n) is 8.37. The monoisotopic (exact) mass is 342 g/mol. The standard InChI is InChI=1S/C17H22N6O2/c1-4-6-9-23-11-19-14-15(23)21-17(22-16(14)24-3)20-12-7-8-13(18-10-12)25-5-2/h7-8,10-11H,4-6,9H2,1-3H3,(H,20,21,22). The molecule has 1 N–H and O–H groups in total. The Hall–Kier alpha value is -2.90. The van der Waals surface area contributed by atoms with Crippen molar-refractivity contribution in [2.75, 3.05) is 19.0 Å². The molecule has 25 heavy (non-hydrogen) atoms. The molecule has 0 atom stereocenters. The third kappa shape index (κ3) is 3.78. The van der Waals surface area contributed by atoms with Crippen molar-refractivity contribution in [1.82, 2.24) is 24.5 Å². The fourth-order valence-electron chi connectivity index (χ4n) is 2.43. The highest BCUT2D eigenvalue weighted by Gasteiger charge is 2.14. The Morgan fingerprint density at radius 3 is 2.72 bits per heavy atom. The number of aromatic nitrogens is 5. The predicted molar refractivity (Wildman–Crippen MR) is 95.5 cm³/mol. The Morgan fingerprint density at radius 2 is 2.04 bits per heavy atom. The summed E-state index contributed by atoms with van der Waals surface area (Å²) in [6, 6.07) is 3.67. The molecule has 0 aliphatic heterocycles. The van der Waals surface area contributed by atoms with Gasteiger partial charge in [-0.3, -0.25) is 0 Å². The molecule has 8 heteroatoms. The number of unbranched alkanes of at least 4 members (excludes halogenated alkanes) is 1. The molecule has 0 spiro atoms. The second-order valence-corrected chi connectivity index (χ2v) is 5.46. The number of hydrogen-bond donors (Lipinski definition) is 1. The molecule has 0 bridgehead atoms. The number of hydrogen-bond acceptors (Lipinski definition) is 7. The Morgan fingerprint density at radius 1 is 1.16 bits per heavy atom. The number of rotatable bonds is 8. The second-order valence-electron chi connectivity index (χ2n) is 5.46. The van der Waals surface area contributed by atoms with Crippen LogP contribution in [0.25, 0.3) is 11.2 Å². The quantitative estimate of drug-likeness (QED) is 0.672. The van der Waals surface area contributed by atoms with E-state index in [4.69, 9.17) is 9.47 Å². The van der Waals surface area contributed by atoms with Crippen LogP contribution < -0.4 is 14.8 Å². The van der Waals surface area contributed by atoms with Crippen LogP contribution in [-0.2, 0) is 6.54 Å². The van der Waals surface area contributed by atoms with Gasteiger partial charge in [0.25, 0.3) is 0 Å². The van der Waals surface area contributed by atoms with Gasteiger partial charge in [0, 0.05) is 12.6 Å². The van der Waals surface area contributed by atoms with Gasteiger partial charge in [-0.05, 0) is 19.4 Å². The van der Waals surface area contributed by atoms with Crippen LogP contribution in [0.15, 0.2) is 24.7 Å². The van der Waals surface area contributed by atoms with E-state index >= 15 is 0 Å². The first-order valence-corrected chi connectivity index (χ1v) is 8.37. The number of methoxy groups -OCH3 is 1. The highest BCUT2D eigenvalue weighted by Crippen LogP contribution is 2.24. The number of anilines is 2. The van der Waals surface area contributed by atoms with Crippen LogP contribution >= 0.6 is 0 Å². The van der Waals surface area contributed by atoms with E-state index in [1.54, 1.807) is 25.7 Å². The molecule has 3 aromatic heterocycles. The van der Waals surface area contributed by atoms with Crippen LogP contribution in [0, 0.1) is 0 Å². The largest absolute Gasteiger partial charge is 0.479 e. The summed E-state index contributed by atoms with van der Waals surface area (Å²) in [5.41, 5.74) is 2.18. The lowest BCUT2D eigenvalue weighted by Crippen LogP contribution is -2.03. The number of ether oxygens (including phenoxy) is 2. The van der Waals surface area contributed by atoms with Crippen LogP contribution in [0.4, 0.5) is 11.6 Å². The zero-order valence-corrected chi connectivity index (χ0v) is 14.7. The van der Waals surface area contributed by atoms with Crippen LogP contribution in [0.3, 0.4) is 0 Å². The summed E-state index contributed by atoms with van der Waals surface area (Å²) in [5, 5.41) is 3.15. The lowest BCUT2D eigenvalue weighted by atomic mass is 10.3. The summed E-state index contributed by atoms with van der Waals surface area (Å²) in [4.78, 5) is 17.6. The van der Waals surface area contributed by atoms with Crippen molar-refractivity contribution >= 4 is 22.8 Å². The molecule has 0 fully saturated rings. The lowest BCUT2D eigenvalue weighted by Gasteiger charge is -2.09. The Kier molecular flexibility index (Phi) is 5.27. The van der Waals surface area contributed by atoms with Gasteiger partial charge >= 0.3 is 0 Å². The first kappa shape index (κ1) is 16.9. The van der Waals surface area contributed by atoms with Gasteiger partial charge in [0.05, 0.1) is 31.9 Å².